The zero-order valence-corrected chi connectivity index (χ0v) is 11.6. The Labute approximate surface area is 104 Å². The Morgan fingerprint density at radius 1 is 1.41 bits per heavy atom. The van der Waals surface area contributed by atoms with Gasteiger partial charge in [0.2, 0.25) is 25.2 Å². The molecule has 0 aliphatic rings. The van der Waals surface area contributed by atoms with E-state index in [0.717, 1.165) is 11.3 Å². The van der Waals surface area contributed by atoms with E-state index in [9.17, 15) is 13.2 Å². The van der Waals surface area contributed by atoms with E-state index in [1.165, 1.54) is 6.92 Å². The highest BCUT2D eigenvalue weighted by molar-refractivity contribution is 7.93. The summed E-state index contributed by atoms with van der Waals surface area (Å²) in [4.78, 5) is 11.4. The van der Waals surface area contributed by atoms with Crippen molar-refractivity contribution in [1.82, 2.24) is 10.2 Å². The van der Waals surface area contributed by atoms with E-state index in [4.69, 9.17) is 0 Å². The second-order valence-electron chi connectivity index (χ2n) is 3.92. The molecule has 96 valence electrons. The van der Waals surface area contributed by atoms with Crippen LogP contribution in [0.4, 0.5) is 5.13 Å². The predicted octanol–water partition coefficient (Wildman–Crippen LogP) is 1.32. The van der Waals surface area contributed by atoms with Gasteiger partial charge in [-0.3, -0.25) is 4.79 Å². The Kier molecular flexibility index (Phi) is 4.58. The summed E-state index contributed by atoms with van der Waals surface area (Å²) in [5.41, 5.74) is 0. The highest BCUT2D eigenvalue weighted by Crippen LogP contribution is 2.21. The second-order valence-corrected chi connectivity index (χ2v) is 7.35. The number of carbonyl (C=O) groups is 1. The van der Waals surface area contributed by atoms with Crippen molar-refractivity contribution in [2.75, 3.05) is 11.1 Å². The molecule has 0 radical (unpaired) electrons. The third kappa shape index (κ3) is 4.04. The predicted molar refractivity (Wildman–Crippen MR) is 65.7 cm³/mol. The standard InChI is InChI=1S/C9H15N3O3S2/c1-4-17(14,15)9-12-11-8(16-9)10-7(13)5-6(2)3/h6H,4-5H2,1-3H3,(H,10,11,13). The van der Waals surface area contributed by atoms with Gasteiger partial charge in [0.15, 0.2) is 0 Å². The molecule has 1 aromatic rings. The summed E-state index contributed by atoms with van der Waals surface area (Å²) in [7, 11) is -3.34. The largest absolute Gasteiger partial charge is 0.300 e. The molecule has 0 unspecified atom stereocenters. The first-order valence-corrected chi connectivity index (χ1v) is 7.68. The lowest BCUT2D eigenvalue weighted by atomic mass is 10.1. The Morgan fingerprint density at radius 2 is 2.06 bits per heavy atom. The fraction of sp³-hybridized carbons (Fsp3) is 0.667. The van der Waals surface area contributed by atoms with Crippen molar-refractivity contribution in [2.45, 2.75) is 31.5 Å². The van der Waals surface area contributed by atoms with Crippen LogP contribution in [-0.2, 0) is 14.6 Å². The molecule has 0 aliphatic heterocycles. The van der Waals surface area contributed by atoms with Crippen LogP contribution in [0, 0.1) is 5.92 Å². The van der Waals surface area contributed by atoms with Gasteiger partial charge in [-0.15, -0.1) is 10.2 Å². The lowest BCUT2D eigenvalue weighted by Gasteiger charge is -2.02. The van der Waals surface area contributed by atoms with Crippen LogP contribution >= 0.6 is 11.3 Å². The molecule has 1 rings (SSSR count). The maximum absolute atomic E-state index is 11.5. The topological polar surface area (TPSA) is 89.0 Å². The fourth-order valence-corrected chi connectivity index (χ4v) is 3.05. The van der Waals surface area contributed by atoms with Crippen LogP contribution < -0.4 is 5.32 Å². The van der Waals surface area contributed by atoms with Gasteiger partial charge in [-0.05, 0) is 5.92 Å². The number of sulfone groups is 1. The molecule has 0 saturated carbocycles. The average Bonchev–Trinajstić information content (AvgIpc) is 2.65. The lowest BCUT2D eigenvalue weighted by molar-refractivity contribution is -0.116. The van der Waals surface area contributed by atoms with Gasteiger partial charge >= 0.3 is 0 Å². The van der Waals surface area contributed by atoms with Crippen molar-refractivity contribution in [2.24, 2.45) is 5.92 Å². The highest BCUT2D eigenvalue weighted by Gasteiger charge is 2.18. The molecule has 6 nitrogen and oxygen atoms in total. The van der Waals surface area contributed by atoms with Crippen molar-refractivity contribution < 1.29 is 13.2 Å². The minimum atomic E-state index is -3.34. The number of aromatic nitrogens is 2. The number of rotatable bonds is 5. The Hall–Kier alpha value is -1.02. The number of amides is 1. The summed E-state index contributed by atoms with van der Waals surface area (Å²) in [5.74, 6) is 0.0278. The lowest BCUT2D eigenvalue weighted by Crippen LogP contribution is -2.13. The van der Waals surface area contributed by atoms with Gasteiger partial charge < -0.3 is 5.32 Å². The van der Waals surface area contributed by atoms with Crippen molar-refractivity contribution in [3.05, 3.63) is 0 Å². The maximum Gasteiger partial charge on any atom is 0.234 e. The minimum absolute atomic E-state index is 0.0262. The number of hydrogen-bond acceptors (Lipinski definition) is 6. The SMILES string of the molecule is CCS(=O)(=O)c1nnc(NC(=O)CC(C)C)s1. The summed E-state index contributed by atoms with van der Waals surface area (Å²) in [6, 6.07) is 0. The molecule has 0 aromatic carbocycles. The van der Waals surface area contributed by atoms with E-state index < -0.39 is 9.84 Å². The van der Waals surface area contributed by atoms with E-state index >= 15 is 0 Å². The van der Waals surface area contributed by atoms with E-state index in [1.54, 1.807) is 0 Å². The quantitative estimate of drug-likeness (QED) is 0.820. The number of carbonyl (C=O) groups excluding carboxylic acids is 1. The normalized spacial score (nSPS) is 11.8. The second kappa shape index (κ2) is 5.54. The maximum atomic E-state index is 11.5. The third-order valence-electron chi connectivity index (χ3n) is 1.89. The molecule has 8 heteroatoms. The van der Waals surface area contributed by atoms with Gasteiger partial charge in [0.05, 0.1) is 5.75 Å². The van der Waals surface area contributed by atoms with Gasteiger partial charge in [0.1, 0.15) is 0 Å². The van der Waals surface area contributed by atoms with Crippen molar-refractivity contribution >= 4 is 32.2 Å². The molecule has 0 spiro atoms. The first-order chi connectivity index (χ1) is 7.85. The zero-order valence-electron chi connectivity index (χ0n) is 9.93. The summed E-state index contributed by atoms with van der Waals surface area (Å²) >= 11 is 0.878. The van der Waals surface area contributed by atoms with Crippen LogP contribution in [0.15, 0.2) is 4.34 Å². The Morgan fingerprint density at radius 3 is 2.59 bits per heavy atom. The summed E-state index contributed by atoms with van der Waals surface area (Å²) in [6.45, 7) is 5.38. The van der Waals surface area contributed by atoms with Gasteiger partial charge in [0, 0.05) is 6.42 Å². The van der Waals surface area contributed by atoms with Crippen LogP contribution in [0.3, 0.4) is 0 Å². The van der Waals surface area contributed by atoms with Gasteiger partial charge in [-0.25, -0.2) is 8.42 Å². The smallest absolute Gasteiger partial charge is 0.234 e. The number of nitrogens with one attached hydrogen (secondary N) is 1. The monoisotopic (exact) mass is 277 g/mol. The van der Waals surface area contributed by atoms with Crippen molar-refractivity contribution in [3.63, 3.8) is 0 Å². The molecule has 0 bridgehead atoms. The molecule has 1 aromatic heterocycles. The molecule has 1 N–H and O–H groups in total. The molecular weight excluding hydrogens is 262 g/mol. The minimum Gasteiger partial charge on any atom is -0.300 e. The first kappa shape index (κ1) is 14.0. The van der Waals surface area contributed by atoms with Crippen LogP contribution in [-0.4, -0.2) is 30.3 Å². The molecule has 1 heterocycles. The molecule has 0 saturated heterocycles. The molecule has 0 atom stereocenters. The van der Waals surface area contributed by atoms with E-state index in [2.05, 4.69) is 15.5 Å². The van der Waals surface area contributed by atoms with Crippen LogP contribution in [0.1, 0.15) is 27.2 Å². The van der Waals surface area contributed by atoms with Gasteiger partial charge in [-0.2, -0.15) is 0 Å². The average molecular weight is 277 g/mol. The van der Waals surface area contributed by atoms with Crippen molar-refractivity contribution in [1.29, 1.82) is 0 Å². The molecule has 0 aliphatic carbocycles. The zero-order chi connectivity index (χ0) is 13.1. The molecule has 0 fully saturated rings. The molecular formula is C9H15N3O3S2. The molecule has 17 heavy (non-hydrogen) atoms. The van der Waals surface area contributed by atoms with Crippen LogP contribution in [0.5, 0.6) is 0 Å². The summed E-state index contributed by atoms with van der Waals surface area (Å²) in [6.07, 6.45) is 0.370. The first-order valence-electron chi connectivity index (χ1n) is 5.21. The van der Waals surface area contributed by atoms with Crippen LogP contribution in [0.25, 0.3) is 0 Å². The van der Waals surface area contributed by atoms with Crippen LogP contribution in [0.2, 0.25) is 0 Å². The van der Waals surface area contributed by atoms with E-state index in [0.29, 0.717) is 6.42 Å². The van der Waals surface area contributed by atoms with Gasteiger partial charge in [0.25, 0.3) is 0 Å². The number of nitrogens with zero attached hydrogens (tertiary/aromatic N) is 2. The third-order valence-corrected chi connectivity index (χ3v) is 4.91. The summed E-state index contributed by atoms with van der Waals surface area (Å²) < 4.78 is 22.9. The molecule has 1 amide bonds. The highest BCUT2D eigenvalue weighted by atomic mass is 32.2. The van der Waals surface area contributed by atoms with Gasteiger partial charge in [-0.1, -0.05) is 32.1 Å². The van der Waals surface area contributed by atoms with E-state index in [1.807, 2.05) is 13.8 Å². The van der Waals surface area contributed by atoms with E-state index in [-0.39, 0.29) is 27.0 Å². The Balaban J connectivity index is 2.73. The number of hydrogen-bond donors (Lipinski definition) is 1. The van der Waals surface area contributed by atoms with Crippen molar-refractivity contribution in [3.8, 4) is 0 Å². The number of anilines is 1. The summed E-state index contributed by atoms with van der Waals surface area (Å²) in [5, 5.41) is 9.95. The fourth-order valence-electron chi connectivity index (χ4n) is 1.05. The Bertz CT molecular complexity index is 493.